The van der Waals surface area contributed by atoms with Crippen LogP contribution in [-0.4, -0.2) is 68.3 Å². The number of hydrogen-bond acceptors (Lipinski definition) is 5. The highest BCUT2D eigenvalue weighted by Gasteiger charge is 2.24. The molecule has 12 heteroatoms. The molecule has 0 saturated carbocycles. The Balaban J connectivity index is 0.000000531. The Morgan fingerprint density at radius 3 is 2.07 bits per heavy atom. The van der Waals surface area contributed by atoms with Crippen molar-refractivity contribution in [2.75, 3.05) is 31.1 Å². The minimum absolute atomic E-state index is 0.00547. The predicted octanol–water partition coefficient (Wildman–Crippen LogP) is 5.08. The Hall–Kier alpha value is -3.86. The van der Waals surface area contributed by atoms with Crippen LogP contribution in [0, 0.1) is 5.92 Å². The number of hydrogen-bond donors (Lipinski definition) is 2. The van der Waals surface area contributed by atoms with Crippen LogP contribution in [0.3, 0.4) is 0 Å². The highest BCUT2D eigenvalue weighted by atomic mass is 35.5. The number of benzene rings is 2. The number of amides is 1. The number of nitrogens with zero attached hydrogens (tertiary/aromatic N) is 4. The van der Waals surface area contributed by atoms with Gasteiger partial charge in [-0.25, -0.2) is 14.4 Å². The molecule has 4 rings (SSSR count). The molecule has 0 atom stereocenters. The number of rotatable bonds is 9. The number of likely N-dealkylation sites (tertiary alicyclic amines) is 1. The number of carbonyl (C=O) groups excluding carboxylic acids is 1. The predicted molar refractivity (Wildman–Crippen MR) is 165 cm³/mol. The van der Waals surface area contributed by atoms with Crippen molar-refractivity contribution in [2.24, 2.45) is 5.92 Å². The van der Waals surface area contributed by atoms with Crippen LogP contribution in [0.25, 0.3) is 16.7 Å². The van der Waals surface area contributed by atoms with E-state index in [-0.39, 0.29) is 11.6 Å². The summed E-state index contributed by atoms with van der Waals surface area (Å²) in [6.07, 6.45) is 3.10. The molecule has 1 amide bonds. The molecule has 2 N–H and O–H groups in total. The number of aliphatic carboxylic acids is 2. The third-order valence-electron chi connectivity index (χ3n) is 6.97. The minimum atomic E-state index is -1.26. The number of halogens is 2. The second kappa shape index (κ2) is 14.9. The Morgan fingerprint density at radius 1 is 0.952 bits per heavy atom. The molecule has 3 aromatic rings. The largest absolute Gasteiger partial charge is 0.478 e. The minimum Gasteiger partial charge on any atom is -0.478 e. The number of carboxylic acid groups (broad SMARTS) is 2. The number of imidazole rings is 1. The zero-order valence-electron chi connectivity index (χ0n) is 23.5. The van der Waals surface area contributed by atoms with E-state index in [0.717, 1.165) is 54.9 Å². The maximum Gasteiger partial charge on any atom is 0.333 e. The molecular weight excluding hydrogens is 583 g/mol. The van der Waals surface area contributed by atoms with Gasteiger partial charge in [-0.3, -0.25) is 13.9 Å². The van der Waals surface area contributed by atoms with Crippen LogP contribution in [0.2, 0.25) is 10.0 Å². The van der Waals surface area contributed by atoms with Crippen LogP contribution in [0.5, 0.6) is 0 Å². The van der Waals surface area contributed by atoms with Gasteiger partial charge in [-0.1, -0.05) is 41.9 Å². The standard InChI is InChI=1S/C26H30Cl2N4O2.C4H4O4/c1-18(2)32-25-7-5-4-6-24(25)30(26(32)34)15-14-29-12-10-20(11-13-29)17-31(19(3)33)21-8-9-22(27)23(28)16-21;5-3(6)1-2-4(7)8/h4-9,16,20H,1,10-15,17H2,2-3H3;1-2H,(H,5,6)(H,7,8)/b;2-1+. The van der Waals surface area contributed by atoms with Gasteiger partial charge in [0.15, 0.2) is 0 Å². The van der Waals surface area contributed by atoms with E-state index >= 15 is 0 Å². The molecule has 1 saturated heterocycles. The first-order chi connectivity index (χ1) is 19.9. The zero-order valence-corrected chi connectivity index (χ0v) is 25.0. The summed E-state index contributed by atoms with van der Waals surface area (Å²) in [6, 6.07) is 13.2. The second-order valence-electron chi connectivity index (χ2n) is 10.0. The van der Waals surface area contributed by atoms with Gasteiger partial charge in [-0.2, -0.15) is 0 Å². The van der Waals surface area contributed by atoms with Gasteiger partial charge in [0.05, 0.1) is 21.1 Å². The van der Waals surface area contributed by atoms with Crippen LogP contribution in [0.1, 0.15) is 26.7 Å². The second-order valence-corrected chi connectivity index (χ2v) is 10.8. The summed E-state index contributed by atoms with van der Waals surface area (Å²) in [5.74, 6) is -2.11. The molecule has 2 aromatic carbocycles. The fourth-order valence-electron chi connectivity index (χ4n) is 4.90. The molecule has 2 heterocycles. The van der Waals surface area contributed by atoms with Gasteiger partial charge in [-0.05, 0) is 69.1 Å². The first-order valence-corrected chi connectivity index (χ1v) is 14.1. The van der Waals surface area contributed by atoms with Crippen molar-refractivity contribution in [1.29, 1.82) is 0 Å². The van der Waals surface area contributed by atoms with Crippen LogP contribution < -0.4 is 10.6 Å². The van der Waals surface area contributed by atoms with Gasteiger partial charge in [0.2, 0.25) is 5.91 Å². The van der Waals surface area contributed by atoms with Gasteiger partial charge < -0.3 is 20.0 Å². The average Bonchev–Trinajstić information content (AvgIpc) is 3.23. The number of carbonyl (C=O) groups is 3. The van der Waals surface area contributed by atoms with Crippen molar-refractivity contribution < 1.29 is 24.6 Å². The summed E-state index contributed by atoms with van der Waals surface area (Å²) in [6.45, 7) is 11.4. The molecule has 0 aliphatic carbocycles. The number of carboxylic acids is 2. The lowest BCUT2D eigenvalue weighted by Gasteiger charge is -2.34. The van der Waals surface area contributed by atoms with E-state index in [0.29, 0.717) is 41.2 Å². The fourth-order valence-corrected chi connectivity index (χ4v) is 5.19. The van der Waals surface area contributed by atoms with Crippen LogP contribution in [0.15, 0.2) is 66.0 Å². The smallest absolute Gasteiger partial charge is 0.333 e. The summed E-state index contributed by atoms with van der Waals surface area (Å²) in [5.41, 5.74) is 3.28. The number of fused-ring (bicyclic) bond motifs is 1. The number of allylic oxidation sites excluding steroid dienone is 1. The fraction of sp³-hybridized carbons (Fsp3) is 0.333. The molecule has 0 spiro atoms. The van der Waals surface area contributed by atoms with Crippen molar-refractivity contribution in [3.63, 3.8) is 0 Å². The number of piperidine rings is 1. The Labute approximate surface area is 253 Å². The normalized spacial score (nSPS) is 14.0. The van der Waals surface area contributed by atoms with Gasteiger partial charge in [0.1, 0.15) is 0 Å². The molecule has 0 unspecified atom stereocenters. The maximum atomic E-state index is 13.0. The summed E-state index contributed by atoms with van der Waals surface area (Å²) in [5, 5.41) is 16.6. The summed E-state index contributed by atoms with van der Waals surface area (Å²) in [4.78, 5) is 48.6. The first kappa shape index (κ1) is 32.7. The van der Waals surface area contributed by atoms with Crippen molar-refractivity contribution in [3.8, 4) is 0 Å². The topological polar surface area (TPSA) is 125 Å². The molecule has 224 valence electrons. The molecule has 1 aliphatic heterocycles. The lowest BCUT2D eigenvalue weighted by molar-refractivity contribution is -0.134. The molecular formula is C30H34Cl2N4O6. The van der Waals surface area contributed by atoms with E-state index < -0.39 is 11.9 Å². The van der Waals surface area contributed by atoms with E-state index in [1.165, 1.54) is 0 Å². The molecule has 0 bridgehead atoms. The Bertz CT molecular complexity index is 1540. The molecule has 1 fully saturated rings. The quantitative estimate of drug-likeness (QED) is 0.321. The third-order valence-corrected chi connectivity index (χ3v) is 7.71. The summed E-state index contributed by atoms with van der Waals surface area (Å²) >= 11 is 12.2. The molecule has 42 heavy (non-hydrogen) atoms. The SMILES string of the molecule is C=C(C)n1c(=O)n(CCN2CCC(CN(C(C)=O)c3ccc(Cl)c(Cl)c3)CC2)c2ccccc21.O=C(O)/C=C/C(=O)O. The van der Waals surface area contributed by atoms with Crippen LogP contribution in [0.4, 0.5) is 5.69 Å². The molecule has 1 aliphatic rings. The first-order valence-electron chi connectivity index (χ1n) is 13.3. The molecule has 1 aromatic heterocycles. The van der Waals surface area contributed by atoms with Crippen molar-refractivity contribution in [3.05, 3.63) is 81.7 Å². The van der Waals surface area contributed by atoms with E-state index in [1.807, 2.05) is 41.8 Å². The van der Waals surface area contributed by atoms with E-state index in [2.05, 4.69) is 11.5 Å². The number of aromatic nitrogens is 2. The maximum absolute atomic E-state index is 13.0. The Kier molecular flexibility index (Phi) is 11.6. The Morgan fingerprint density at radius 2 is 1.55 bits per heavy atom. The summed E-state index contributed by atoms with van der Waals surface area (Å²) < 4.78 is 3.53. The lowest BCUT2D eigenvalue weighted by atomic mass is 9.96. The van der Waals surface area contributed by atoms with E-state index in [1.54, 1.807) is 28.5 Å². The van der Waals surface area contributed by atoms with E-state index in [9.17, 15) is 19.2 Å². The number of anilines is 1. The van der Waals surface area contributed by atoms with Gasteiger partial charge in [0, 0.05) is 50.1 Å². The van der Waals surface area contributed by atoms with Crippen molar-refractivity contribution >= 4 is 63.5 Å². The highest BCUT2D eigenvalue weighted by Crippen LogP contribution is 2.29. The van der Waals surface area contributed by atoms with Gasteiger partial charge in [0.25, 0.3) is 0 Å². The van der Waals surface area contributed by atoms with Gasteiger partial charge >= 0.3 is 17.6 Å². The summed E-state index contributed by atoms with van der Waals surface area (Å²) in [7, 11) is 0. The highest BCUT2D eigenvalue weighted by molar-refractivity contribution is 6.42. The van der Waals surface area contributed by atoms with Gasteiger partial charge in [-0.15, -0.1) is 0 Å². The van der Waals surface area contributed by atoms with Crippen molar-refractivity contribution in [2.45, 2.75) is 33.2 Å². The molecule has 10 nitrogen and oxygen atoms in total. The average molecular weight is 618 g/mol. The zero-order chi connectivity index (χ0) is 31.0. The third kappa shape index (κ3) is 8.58. The number of para-hydroxylation sites is 2. The van der Waals surface area contributed by atoms with Crippen LogP contribution in [-0.2, 0) is 20.9 Å². The monoisotopic (exact) mass is 616 g/mol. The van der Waals surface area contributed by atoms with E-state index in [4.69, 9.17) is 33.4 Å². The lowest BCUT2D eigenvalue weighted by Crippen LogP contribution is -2.41. The van der Waals surface area contributed by atoms with Crippen LogP contribution >= 0.6 is 23.2 Å². The van der Waals surface area contributed by atoms with Crippen molar-refractivity contribution in [1.82, 2.24) is 14.0 Å². The molecule has 0 radical (unpaired) electrons.